The molecule has 4 nitrogen and oxygen atoms in total. The van der Waals surface area contributed by atoms with Crippen molar-refractivity contribution in [3.8, 4) is 0 Å². The minimum absolute atomic E-state index is 0.105. The summed E-state index contributed by atoms with van der Waals surface area (Å²) in [6.45, 7) is 6.06. The van der Waals surface area contributed by atoms with Crippen LogP contribution in [0.4, 0.5) is 5.69 Å². The molecule has 1 aromatic rings. The van der Waals surface area contributed by atoms with Crippen molar-refractivity contribution in [3.05, 3.63) is 29.8 Å². The van der Waals surface area contributed by atoms with Crippen molar-refractivity contribution < 1.29 is 4.79 Å². The third kappa shape index (κ3) is 3.20. The molecule has 0 spiro atoms. The zero-order valence-corrected chi connectivity index (χ0v) is 10.2. The molecule has 92 valence electrons. The first-order valence-electron chi connectivity index (χ1n) is 6.11. The number of carbonyl (C=O) groups excluding carboxylic acids is 1. The Kier molecular flexibility index (Phi) is 3.98. The van der Waals surface area contributed by atoms with Crippen LogP contribution < -0.4 is 15.5 Å². The first-order valence-corrected chi connectivity index (χ1v) is 6.11. The third-order valence-corrected chi connectivity index (χ3v) is 2.92. The fraction of sp³-hybridized carbons (Fsp3) is 0.462. The summed E-state index contributed by atoms with van der Waals surface area (Å²) in [5, 5.41) is 6.12. The Hall–Kier alpha value is -1.55. The molecule has 0 saturated carbocycles. The predicted molar refractivity (Wildman–Crippen MR) is 69.0 cm³/mol. The Morgan fingerprint density at radius 3 is 2.76 bits per heavy atom. The lowest BCUT2D eigenvalue weighted by molar-refractivity contribution is -0.120. The van der Waals surface area contributed by atoms with Crippen molar-refractivity contribution in [2.45, 2.75) is 13.5 Å². The van der Waals surface area contributed by atoms with Gasteiger partial charge in [-0.15, -0.1) is 0 Å². The lowest BCUT2D eigenvalue weighted by atomic mass is 10.2. The highest BCUT2D eigenvalue weighted by atomic mass is 16.2. The minimum Gasteiger partial charge on any atom is -0.360 e. The summed E-state index contributed by atoms with van der Waals surface area (Å²) in [5.74, 6) is 0.105. The number of hydrogen-bond donors (Lipinski definition) is 2. The second kappa shape index (κ2) is 5.68. The number of rotatable bonds is 4. The first kappa shape index (κ1) is 11.9. The van der Waals surface area contributed by atoms with Crippen molar-refractivity contribution in [3.63, 3.8) is 0 Å². The van der Waals surface area contributed by atoms with Crippen molar-refractivity contribution in [2.24, 2.45) is 0 Å². The highest BCUT2D eigenvalue weighted by molar-refractivity contribution is 5.82. The number of nitrogens with one attached hydrogen (secondary N) is 2. The van der Waals surface area contributed by atoms with Gasteiger partial charge in [0.25, 0.3) is 0 Å². The van der Waals surface area contributed by atoms with E-state index in [0.29, 0.717) is 6.54 Å². The largest absolute Gasteiger partial charge is 0.360 e. The highest BCUT2D eigenvalue weighted by Crippen LogP contribution is 2.15. The fourth-order valence-corrected chi connectivity index (χ4v) is 1.95. The fourth-order valence-electron chi connectivity index (χ4n) is 1.95. The van der Waals surface area contributed by atoms with Crippen LogP contribution >= 0.6 is 0 Å². The van der Waals surface area contributed by atoms with E-state index in [-0.39, 0.29) is 5.91 Å². The van der Waals surface area contributed by atoms with Gasteiger partial charge in [-0.05, 0) is 24.2 Å². The summed E-state index contributed by atoms with van der Waals surface area (Å²) in [5.41, 5.74) is 2.40. The van der Waals surface area contributed by atoms with Crippen LogP contribution in [-0.4, -0.2) is 32.1 Å². The van der Waals surface area contributed by atoms with Crippen LogP contribution in [-0.2, 0) is 11.3 Å². The molecule has 17 heavy (non-hydrogen) atoms. The van der Waals surface area contributed by atoms with Gasteiger partial charge in [0.15, 0.2) is 0 Å². The summed E-state index contributed by atoms with van der Waals surface area (Å²) >= 11 is 0. The molecule has 0 unspecified atom stereocenters. The van der Waals surface area contributed by atoms with E-state index in [4.69, 9.17) is 0 Å². The van der Waals surface area contributed by atoms with E-state index in [0.717, 1.165) is 31.9 Å². The van der Waals surface area contributed by atoms with E-state index in [9.17, 15) is 4.79 Å². The van der Waals surface area contributed by atoms with Gasteiger partial charge in [0.05, 0.1) is 6.54 Å². The molecule has 0 bridgehead atoms. The maximum absolute atomic E-state index is 11.3. The second-order valence-corrected chi connectivity index (χ2v) is 4.22. The number of piperazine rings is 1. The van der Waals surface area contributed by atoms with E-state index in [1.165, 1.54) is 5.56 Å². The van der Waals surface area contributed by atoms with Crippen LogP contribution in [0.2, 0.25) is 0 Å². The smallest absolute Gasteiger partial charge is 0.239 e. The zero-order valence-electron chi connectivity index (χ0n) is 10.2. The average Bonchev–Trinajstić information content (AvgIpc) is 2.37. The monoisotopic (exact) mass is 233 g/mol. The normalized spacial score (nSPS) is 15.8. The molecule has 0 atom stereocenters. The molecule has 2 rings (SSSR count). The molecular weight excluding hydrogens is 214 g/mol. The van der Waals surface area contributed by atoms with E-state index >= 15 is 0 Å². The molecule has 0 aliphatic carbocycles. The third-order valence-electron chi connectivity index (χ3n) is 2.92. The molecule has 0 radical (unpaired) electrons. The van der Waals surface area contributed by atoms with Crippen LogP contribution in [0.15, 0.2) is 24.3 Å². The molecule has 1 amide bonds. The number of amides is 1. The van der Waals surface area contributed by atoms with Crippen LogP contribution in [0.5, 0.6) is 0 Å². The quantitative estimate of drug-likeness (QED) is 0.806. The lowest BCUT2D eigenvalue weighted by Crippen LogP contribution is -2.47. The second-order valence-electron chi connectivity index (χ2n) is 4.22. The molecular formula is C13H19N3O. The van der Waals surface area contributed by atoms with Crippen molar-refractivity contribution in [1.29, 1.82) is 0 Å². The van der Waals surface area contributed by atoms with Crippen LogP contribution in [0, 0.1) is 0 Å². The molecule has 1 saturated heterocycles. The van der Waals surface area contributed by atoms with Crippen molar-refractivity contribution >= 4 is 11.6 Å². The maximum Gasteiger partial charge on any atom is 0.239 e. The van der Waals surface area contributed by atoms with Gasteiger partial charge in [-0.2, -0.15) is 0 Å². The summed E-state index contributed by atoms with van der Waals surface area (Å²) in [7, 11) is 0. The van der Waals surface area contributed by atoms with Crippen LogP contribution in [0.1, 0.15) is 12.5 Å². The van der Waals surface area contributed by atoms with E-state index in [1.54, 1.807) is 0 Å². The molecule has 1 heterocycles. The van der Waals surface area contributed by atoms with E-state index in [1.807, 2.05) is 0 Å². The predicted octanol–water partition coefficient (Wildman–Crippen LogP) is 0.732. The van der Waals surface area contributed by atoms with Gasteiger partial charge in [-0.1, -0.05) is 19.1 Å². The molecule has 0 aromatic heterocycles. The Bertz CT molecular complexity index is 375. The standard InChI is InChI=1S/C13H19N3O/c1-2-14-9-11-3-5-12(6-4-11)16-8-7-15-13(17)10-16/h3-6,14H,2,7-10H2,1H3,(H,15,17). The summed E-state index contributed by atoms with van der Waals surface area (Å²) < 4.78 is 0. The minimum atomic E-state index is 0.105. The molecule has 1 fully saturated rings. The van der Waals surface area contributed by atoms with Crippen molar-refractivity contribution in [1.82, 2.24) is 10.6 Å². The molecule has 4 heteroatoms. The maximum atomic E-state index is 11.3. The zero-order chi connectivity index (χ0) is 12.1. The van der Waals surface area contributed by atoms with Gasteiger partial charge in [-0.25, -0.2) is 0 Å². The van der Waals surface area contributed by atoms with Gasteiger partial charge >= 0.3 is 0 Å². The van der Waals surface area contributed by atoms with Crippen LogP contribution in [0.25, 0.3) is 0 Å². The Morgan fingerprint density at radius 2 is 2.12 bits per heavy atom. The SMILES string of the molecule is CCNCc1ccc(N2CCNC(=O)C2)cc1. The van der Waals surface area contributed by atoms with E-state index < -0.39 is 0 Å². The number of hydrogen-bond acceptors (Lipinski definition) is 3. The van der Waals surface area contributed by atoms with Gasteiger partial charge in [-0.3, -0.25) is 4.79 Å². The number of benzene rings is 1. The number of anilines is 1. The van der Waals surface area contributed by atoms with Crippen LogP contribution in [0.3, 0.4) is 0 Å². The van der Waals surface area contributed by atoms with Gasteiger partial charge in [0.2, 0.25) is 5.91 Å². The molecule has 1 aromatic carbocycles. The molecule has 2 N–H and O–H groups in total. The summed E-state index contributed by atoms with van der Waals surface area (Å²) in [6.07, 6.45) is 0. The molecule has 1 aliphatic rings. The average molecular weight is 233 g/mol. The highest BCUT2D eigenvalue weighted by Gasteiger charge is 2.15. The van der Waals surface area contributed by atoms with Crippen molar-refractivity contribution in [2.75, 3.05) is 31.1 Å². The van der Waals surface area contributed by atoms with Gasteiger partial charge in [0, 0.05) is 25.3 Å². The molecule has 1 aliphatic heterocycles. The van der Waals surface area contributed by atoms with Gasteiger partial charge in [0.1, 0.15) is 0 Å². The lowest BCUT2D eigenvalue weighted by Gasteiger charge is -2.28. The first-order chi connectivity index (χ1) is 8.29. The Morgan fingerprint density at radius 1 is 1.35 bits per heavy atom. The topological polar surface area (TPSA) is 44.4 Å². The Balaban J connectivity index is 1.99. The summed E-state index contributed by atoms with van der Waals surface area (Å²) in [6, 6.07) is 8.41. The summed E-state index contributed by atoms with van der Waals surface area (Å²) in [4.78, 5) is 13.4. The number of nitrogens with zero attached hydrogens (tertiary/aromatic N) is 1. The Labute approximate surface area is 102 Å². The number of carbonyl (C=O) groups is 1. The van der Waals surface area contributed by atoms with Gasteiger partial charge < -0.3 is 15.5 Å². The van der Waals surface area contributed by atoms with E-state index in [2.05, 4.69) is 46.7 Å².